The number of H-pyrrole nitrogens is 1. The Morgan fingerprint density at radius 2 is 2.12 bits per heavy atom. The van der Waals surface area contributed by atoms with Crippen LogP contribution >= 0.6 is 23.4 Å². The van der Waals surface area contributed by atoms with Crippen LogP contribution in [0.5, 0.6) is 11.5 Å². The molecule has 0 aliphatic carbocycles. The Morgan fingerprint density at radius 3 is 2.67 bits per heavy atom. The number of methoxy groups -OCH3 is 1. The number of hydrogen-bond acceptors (Lipinski definition) is 6. The summed E-state index contributed by atoms with van der Waals surface area (Å²) in [6, 6.07) is 5.14. The summed E-state index contributed by atoms with van der Waals surface area (Å²) in [5, 5.41) is 10.0. The molecule has 2 aromatic rings. The molecule has 0 unspecified atom stereocenters. The number of rotatable bonds is 5. The maximum absolute atomic E-state index is 12.1. The summed E-state index contributed by atoms with van der Waals surface area (Å²) in [5.41, 5.74) is 0.181. The van der Waals surface area contributed by atoms with Crippen molar-refractivity contribution < 1.29 is 9.47 Å². The van der Waals surface area contributed by atoms with Crippen LogP contribution in [0.25, 0.3) is 11.3 Å². The molecule has 1 aromatic heterocycles. The zero-order valence-corrected chi connectivity index (χ0v) is 15.2. The van der Waals surface area contributed by atoms with Crippen LogP contribution in [-0.4, -0.2) is 29.4 Å². The predicted molar refractivity (Wildman–Crippen MR) is 94.1 cm³/mol. The fourth-order valence-corrected chi connectivity index (χ4v) is 2.70. The number of nitriles is 1. The van der Waals surface area contributed by atoms with E-state index in [-0.39, 0.29) is 17.4 Å². The van der Waals surface area contributed by atoms with Crippen molar-refractivity contribution in [1.82, 2.24) is 9.97 Å². The lowest BCUT2D eigenvalue weighted by molar-refractivity contribution is 0.230. The fourth-order valence-electron chi connectivity index (χ4n) is 2.07. The van der Waals surface area contributed by atoms with Gasteiger partial charge in [0.25, 0.3) is 5.56 Å². The maximum Gasteiger partial charge on any atom is 0.270 e. The highest BCUT2D eigenvalue weighted by atomic mass is 35.5. The molecule has 0 radical (unpaired) electrons. The Morgan fingerprint density at radius 1 is 1.42 bits per heavy atom. The second-order valence-electron chi connectivity index (χ2n) is 5.07. The molecule has 0 saturated heterocycles. The van der Waals surface area contributed by atoms with E-state index in [1.807, 2.05) is 19.9 Å². The van der Waals surface area contributed by atoms with E-state index in [0.29, 0.717) is 27.2 Å². The molecule has 0 spiro atoms. The van der Waals surface area contributed by atoms with Crippen molar-refractivity contribution in [3.8, 4) is 28.8 Å². The quantitative estimate of drug-likeness (QED) is 0.644. The zero-order chi connectivity index (χ0) is 17.9. The maximum atomic E-state index is 12.1. The van der Waals surface area contributed by atoms with Crippen LogP contribution in [0.15, 0.2) is 22.1 Å². The number of aromatic amines is 1. The molecule has 0 atom stereocenters. The summed E-state index contributed by atoms with van der Waals surface area (Å²) in [6.45, 7) is 3.75. The van der Waals surface area contributed by atoms with Crippen LogP contribution < -0.4 is 15.0 Å². The van der Waals surface area contributed by atoms with Gasteiger partial charge in [-0.25, -0.2) is 4.98 Å². The van der Waals surface area contributed by atoms with Gasteiger partial charge in [-0.15, -0.1) is 0 Å². The first-order chi connectivity index (χ1) is 11.4. The Balaban J connectivity index is 2.70. The van der Waals surface area contributed by atoms with Crippen molar-refractivity contribution in [2.45, 2.75) is 25.1 Å². The Hall–Kier alpha value is -2.17. The van der Waals surface area contributed by atoms with Crippen molar-refractivity contribution in [3.05, 3.63) is 33.1 Å². The van der Waals surface area contributed by atoms with Gasteiger partial charge in [0.15, 0.2) is 16.7 Å². The average Bonchev–Trinajstić information content (AvgIpc) is 2.55. The van der Waals surface area contributed by atoms with Crippen LogP contribution in [0.3, 0.4) is 0 Å². The first-order valence-electron chi connectivity index (χ1n) is 7.04. The van der Waals surface area contributed by atoms with Gasteiger partial charge < -0.3 is 14.5 Å². The first kappa shape index (κ1) is 18.2. The van der Waals surface area contributed by atoms with E-state index in [1.54, 1.807) is 18.4 Å². The number of ether oxygens (including phenoxy) is 2. The largest absolute Gasteiger partial charge is 0.493 e. The third-order valence-electron chi connectivity index (χ3n) is 3.06. The first-order valence-corrected chi connectivity index (χ1v) is 8.64. The molecule has 24 heavy (non-hydrogen) atoms. The van der Waals surface area contributed by atoms with E-state index in [9.17, 15) is 10.1 Å². The van der Waals surface area contributed by atoms with Gasteiger partial charge in [0.1, 0.15) is 11.6 Å². The predicted octanol–water partition coefficient (Wildman–Crippen LogP) is 3.48. The summed E-state index contributed by atoms with van der Waals surface area (Å²) < 4.78 is 11.0. The number of aromatic nitrogens is 2. The number of hydrogen-bond donors (Lipinski definition) is 1. The van der Waals surface area contributed by atoms with E-state index in [4.69, 9.17) is 21.1 Å². The van der Waals surface area contributed by atoms with Gasteiger partial charge in [-0.3, -0.25) is 4.79 Å². The van der Waals surface area contributed by atoms with Crippen molar-refractivity contribution in [2.24, 2.45) is 0 Å². The highest BCUT2D eigenvalue weighted by Gasteiger charge is 2.19. The molecule has 6 nitrogen and oxygen atoms in total. The number of halogens is 1. The number of thioether (sulfide) groups is 1. The average molecular weight is 366 g/mol. The van der Waals surface area contributed by atoms with Crippen molar-refractivity contribution >= 4 is 23.4 Å². The lowest BCUT2D eigenvalue weighted by Crippen LogP contribution is -2.14. The zero-order valence-electron chi connectivity index (χ0n) is 13.6. The minimum Gasteiger partial charge on any atom is -0.493 e. The summed E-state index contributed by atoms with van der Waals surface area (Å²) in [6.07, 6.45) is 1.69. The van der Waals surface area contributed by atoms with E-state index in [0.717, 1.165) is 0 Å². The van der Waals surface area contributed by atoms with Crippen LogP contribution in [0.1, 0.15) is 19.4 Å². The van der Waals surface area contributed by atoms with E-state index < -0.39 is 5.56 Å². The fraction of sp³-hybridized carbons (Fsp3) is 0.312. The van der Waals surface area contributed by atoms with Gasteiger partial charge in [0.05, 0.1) is 23.9 Å². The molecule has 0 bridgehead atoms. The molecule has 2 rings (SSSR count). The lowest BCUT2D eigenvalue weighted by atomic mass is 10.1. The minimum absolute atomic E-state index is 0.0801. The SMILES string of the molecule is COc1cc(-c2nc(SC)[nH]c(=O)c2C#N)cc(Cl)c1OC(C)C. The molecule has 1 N–H and O–H groups in total. The molecule has 0 aliphatic heterocycles. The van der Waals surface area contributed by atoms with Gasteiger partial charge in [-0.05, 0) is 32.2 Å². The Bertz CT molecular complexity index is 859. The van der Waals surface area contributed by atoms with Gasteiger partial charge >= 0.3 is 0 Å². The van der Waals surface area contributed by atoms with Crippen LogP contribution in [0.2, 0.25) is 5.02 Å². The molecular weight excluding hydrogens is 350 g/mol. The summed E-state index contributed by atoms with van der Waals surface area (Å²) in [7, 11) is 1.49. The summed E-state index contributed by atoms with van der Waals surface area (Å²) >= 11 is 7.58. The van der Waals surface area contributed by atoms with Crippen molar-refractivity contribution in [3.63, 3.8) is 0 Å². The molecule has 0 aliphatic rings. The van der Waals surface area contributed by atoms with Gasteiger partial charge in [0, 0.05) is 5.56 Å². The van der Waals surface area contributed by atoms with Crippen LogP contribution in [0.4, 0.5) is 0 Å². The van der Waals surface area contributed by atoms with Gasteiger partial charge in [-0.2, -0.15) is 5.26 Å². The molecular formula is C16H16ClN3O3S. The van der Waals surface area contributed by atoms with Gasteiger partial charge in [0.2, 0.25) is 0 Å². The number of nitrogens with one attached hydrogen (secondary N) is 1. The number of nitrogens with zero attached hydrogens (tertiary/aromatic N) is 2. The highest BCUT2D eigenvalue weighted by molar-refractivity contribution is 7.98. The monoisotopic (exact) mass is 365 g/mol. The third-order valence-corrected chi connectivity index (χ3v) is 3.92. The Kier molecular flexibility index (Phi) is 5.75. The van der Waals surface area contributed by atoms with Crippen LogP contribution in [0, 0.1) is 11.3 Å². The molecule has 0 fully saturated rings. The second-order valence-corrected chi connectivity index (χ2v) is 6.27. The van der Waals surface area contributed by atoms with Crippen molar-refractivity contribution in [2.75, 3.05) is 13.4 Å². The van der Waals surface area contributed by atoms with E-state index in [1.165, 1.54) is 18.9 Å². The second kappa shape index (κ2) is 7.60. The molecule has 1 aromatic carbocycles. The lowest BCUT2D eigenvalue weighted by Gasteiger charge is -2.16. The van der Waals surface area contributed by atoms with E-state index >= 15 is 0 Å². The molecule has 0 amide bonds. The normalized spacial score (nSPS) is 10.5. The smallest absolute Gasteiger partial charge is 0.270 e. The summed E-state index contributed by atoms with van der Waals surface area (Å²) in [5.74, 6) is 0.814. The molecule has 0 saturated carbocycles. The number of benzene rings is 1. The molecule has 126 valence electrons. The third kappa shape index (κ3) is 3.66. The summed E-state index contributed by atoms with van der Waals surface area (Å²) in [4.78, 5) is 18.9. The standard InChI is InChI=1S/C16H16ClN3O3S/c1-8(2)23-14-11(17)5-9(6-12(14)22-3)13-10(7-18)15(21)20-16(19-13)24-4/h5-6,8H,1-4H3,(H,19,20,21). The Labute approximate surface area is 148 Å². The van der Waals surface area contributed by atoms with Gasteiger partial charge in [-0.1, -0.05) is 23.4 Å². The topological polar surface area (TPSA) is 88.0 Å². The van der Waals surface area contributed by atoms with Crippen LogP contribution in [-0.2, 0) is 0 Å². The highest BCUT2D eigenvalue weighted by Crippen LogP contribution is 2.40. The van der Waals surface area contributed by atoms with Crippen molar-refractivity contribution in [1.29, 1.82) is 5.26 Å². The molecule has 8 heteroatoms. The minimum atomic E-state index is -0.496. The van der Waals surface area contributed by atoms with E-state index in [2.05, 4.69) is 9.97 Å². The molecule has 1 heterocycles.